The maximum atomic E-state index is 13.6. The quantitative estimate of drug-likeness (QED) is 0.779. The van der Waals surface area contributed by atoms with Crippen molar-refractivity contribution in [2.45, 2.75) is 43.4 Å². The summed E-state index contributed by atoms with van der Waals surface area (Å²) < 4.78 is 13.6. The Morgan fingerprint density at radius 1 is 1.33 bits per heavy atom. The monoisotopic (exact) mass is 227 g/mol. The molecule has 0 amide bonds. The number of thioether (sulfide) groups is 1. The van der Waals surface area contributed by atoms with Gasteiger partial charge in [-0.2, -0.15) is 0 Å². The average molecular weight is 227 g/mol. The van der Waals surface area contributed by atoms with Crippen LogP contribution in [0, 0.1) is 5.82 Å². The smallest absolute Gasteiger partial charge is 0.129 e. The minimum absolute atomic E-state index is 0.0669. The predicted molar refractivity (Wildman–Crippen MR) is 64.6 cm³/mol. The van der Waals surface area contributed by atoms with E-state index in [4.69, 9.17) is 5.73 Å². The SMILES string of the molecule is CC(N)c1c(F)cccc1SC(C)(C)C. The molecule has 0 spiro atoms. The number of benzene rings is 1. The zero-order chi connectivity index (χ0) is 11.6. The molecule has 15 heavy (non-hydrogen) atoms. The van der Waals surface area contributed by atoms with Crippen molar-refractivity contribution in [2.75, 3.05) is 0 Å². The summed E-state index contributed by atoms with van der Waals surface area (Å²) in [6.07, 6.45) is 0. The molecule has 1 nitrogen and oxygen atoms in total. The lowest BCUT2D eigenvalue weighted by Crippen LogP contribution is -2.12. The molecule has 1 aromatic rings. The second-order valence-corrected chi connectivity index (χ2v) is 6.52. The van der Waals surface area contributed by atoms with Gasteiger partial charge in [0.25, 0.3) is 0 Å². The standard InChI is InChI=1S/C12H18FNS/c1-8(14)11-9(13)6-5-7-10(11)15-12(2,3)4/h5-8H,14H2,1-4H3. The number of hydrogen-bond acceptors (Lipinski definition) is 2. The number of hydrogen-bond donors (Lipinski definition) is 1. The highest BCUT2D eigenvalue weighted by molar-refractivity contribution is 8.00. The van der Waals surface area contributed by atoms with Gasteiger partial charge >= 0.3 is 0 Å². The number of nitrogens with two attached hydrogens (primary N) is 1. The summed E-state index contributed by atoms with van der Waals surface area (Å²) in [5, 5.41) is 0. The van der Waals surface area contributed by atoms with Crippen molar-refractivity contribution in [1.82, 2.24) is 0 Å². The third-order valence-electron chi connectivity index (χ3n) is 1.88. The van der Waals surface area contributed by atoms with Crippen LogP contribution < -0.4 is 5.73 Å². The molecule has 0 aliphatic rings. The van der Waals surface area contributed by atoms with Gasteiger partial charge in [0.15, 0.2) is 0 Å². The van der Waals surface area contributed by atoms with Crippen LogP contribution in [0.4, 0.5) is 4.39 Å². The van der Waals surface area contributed by atoms with Crippen LogP contribution in [0.15, 0.2) is 23.1 Å². The molecule has 0 heterocycles. The van der Waals surface area contributed by atoms with Crippen molar-refractivity contribution < 1.29 is 4.39 Å². The van der Waals surface area contributed by atoms with Crippen molar-refractivity contribution in [1.29, 1.82) is 0 Å². The van der Waals surface area contributed by atoms with Crippen LogP contribution in [0.5, 0.6) is 0 Å². The van der Waals surface area contributed by atoms with Crippen molar-refractivity contribution in [3.05, 3.63) is 29.6 Å². The van der Waals surface area contributed by atoms with Gasteiger partial charge in [-0.05, 0) is 19.1 Å². The van der Waals surface area contributed by atoms with Crippen molar-refractivity contribution in [2.24, 2.45) is 5.73 Å². The largest absolute Gasteiger partial charge is 0.324 e. The van der Waals surface area contributed by atoms with E-state index in [1.165, 1.54) is 6.07 Å². The minimum Gasteiger partial charge on any atom is -0.324 e. The third kappa shape index (κ3) is 3.50. The summed E-state index contributed by atoms with van der Waals surface area (Å²) in [6.45, 7) is 8.12. The van der Waals surface area contributed by atoms with Crippen LogP contribution in [-0.2, 0) is 0 Å². The maximum Gasteiger partial charge on any atom is 0.129 e. The molecule has 1 atom stereocenters. The first-order valence-corrected chi connectivity index (χ1v) is 5.86. The molecule has 84 valence electrons. The van der Waals surface area contributed by atoms with Gasteiger partial charge in [-0.1, -0.05) is 26.8 Å². The number of halogens is 1. The molecule has 3 heteroatoms. The highest BCUT2D eigenvalue weighted by atomic mass is 32.2. The van der Waals surface area contributed by atoms with Crippen molar-refractivity contribution >= 4 is 11.8 Å². The molecule has 0 aromatic heterocycles. The van der Waals surface area contributed by atoms with Crippen LogP contribution >= 0.6 is 11.8 Å². The summed E-state index contributed by atoms with van der Waals surface area (Å²) in [4.78, 5) is 0.942. The van der Waals surface area contributed by atoms with Gasteiger partial charge in [0.2, 0.25) is 0 Å². The molecule has 0 aliphatic heterocycles. The Labute approximate surface area is 95.2 Å². The van der Waals surface area contributed by atoms with E-state index in [1.54, 1.807) is 17.8 Å². The molecular weight excluding hydrogens is 209 g/mol. The second-order valence-electron chi connectivity index (χ2n) is 4.65. The van der Waals surface area contributed by atoms with Gasteiger partial charge in [-0.25, -0.2) is 4.39 Å². The van der Waals surface area contributed by atoms with Gasteiger partial charge in [0.05, 0.1) is 0 Å². The minimum atomic E-state index is -0.268. The van der Waals surface area contributed by atoms with Gasteiger partial charge in [0.1, 0.15) is 5.82 Å². The van der Waals surface area contributed by atoms with E-state index >= 15 is 0 Å². The molecule has 0 saturated heterocycles. The summed E-state index contributed by atoms with van der Waals surface area (Å²) in [6, 6.07) is 4.86. The van der Waals surface area contributed by atoms with Crippen LogP contribution in [-0.4, -0.2) is 4.75 Å². The maximum absolute atomic E-state index is 13.6. The molecule has 0 bridgehead atoms. The van der Waals surface area contributed by atoms with Gasteiger partial charge in [0, 0.05) is 21.2 Å². The zero-order valence-electron chi connectivity index (χ0n) is 9.67. The average Bonchev–Trinajstić information content (AvgIpc) is 1.99. The van der Waals surface area contributed by atoms with E-state index < -0.39 is 0 Å². The molecule has 2 N–H and O–H groups in total. The van der Waals surface area contributed by atoms with Crippen LogP contribution in [0.1, 0.15) is 39.3 Å². The van der Waals surface area contributed by atoms with E-state index in [0.717, 1.165) is 4.90 Å². The normalized spacial score (nSPS) is 14.0. The summed E-state index contributed by atoms with van der Waals surface area (Å²) in [5.41, 5.74) is 6.40. The molecule has 1 aromatic carbocycles. The zero-order valence-corrected chi connectivity index (χ0v) is 10.5. The summed E-state index contributed by atoms with van der Waals surface area (Å²) in [5.74, 6) is -0.209. The van der Waals surface area contributed by atoms with Crippen LogP contribution in [0.25, 0.3) is 0 Å². The Morgan fingerprint density at radius 3 is 2.40 bits per heavy atom. The van der Waals surface area contributed by atoms with E-state index in [1.807, 2.05) is 13.0 Å². The molecule has 1 unspecified atom stereocenters. The van der Waals surface area contributed by atoms with Crippen molar-refractivity contribution in [3.8, 4) is 0 Å². The first-order valence-electron chi connectivity index (χ1n) is 5.04. The molecule has 0 saturated carbocycles. The highest BCUT2D eigenvalue weighted by Gasteiger charge is 2.18. The van der Waals surface area contributed by atoms with E-state index in [-0.39, 0.29) is 16.6 Å². The summed E-state index contributed by atoms with van der Waals surface area (Å²) >= 11 is 1.65. The fourth-order valence-electron chi connectivity index (χ4n) is 1.38. The number of rotatable bonds is 2. The molecular formula is C12H18FNS. The second kappa shape index (κ2) is 4.54. The van der Waals surface area contributed by atoms with E-state index in [0.29, 0.717) is 5.56 Å². The Kier molecular flexibility index (Phi) is 3.79. The molecule has 0 fully saturated rings. The van der Waals surface area contributed by atoms with Crippen LogP contribution in [0.3, 0.4) is 0 Å². The van der Waals surface area contributed by atoms with E-state index in [2.05, 4.69) is 20.8 Å². The fourth-order valence-corrected chi connectivity index (χ4v) is 2.58. The van der Waals surface area contributed by atoms with Gasteiger partial charge in [-0.15, -0.1) is 11.8 Å². The first kappa shape index (κ1) is 12.5. The predicted octanol–water partition coefficient (Wildman–Crippen LogP) is 3.74. The molecule has 0 radical (unpaired) electrons. The highest BCUT2D eigenvalue weighted by Crippen LogP contribution is 2.36. The fraction of sp³-hybridized carbons (Fsp3) is 0.500. The Bertz CT molecular complexity index is 342. The lowest BCUT2D eigenvalue weighted by atomic mass is 10.1. The van der Waals surface area contributed by atoms with Gasteiger partial charge < -0.3 is 5.73 Å². The first-order chi connectivity index (χ1) is 6.81. The third-order valence-corrected chi connectivity index (χ3v) is 3.07. The molecule has 0 aliphatic carbocycles. The lowest BCUT2D eigenvalue weighted by molar-refractivity contribution is 0.585. The Morgan fingerprint density at radius 2 is 1.93 bits per heavy atom. The van der Waals surface area contributed by atoms with Gasteiger partial charge in [-0.3, -0.25) is 0 Å². The van der Waals surface area contributed by atoms with Crippen molar-refractivity contribution in [3.63, 3.8) is 0 Å². The van der Waals surface area contributed by atoms with Crippen LogP contribution in [0.2, 0.25) is 0 Å². The lowest BCUT2D eigenvalue weighted by Gasteiger charge is -2.21. The topological polar surface area (TPSA) is 26.0 Å². The molecule has 1 rings (SSSR count). The Hall–Kier alpha value is -0.540. The Balaban J connectivity index is 3.12. The summed E-state index contributed by atoms with van der Waals surface area (Å²) in [7, 11) is 0. The van der Waals surface area contributed by atoms with E-state index in [9.17, 15) is 4.39 Å².